The van der Waals surface area contributed by atoms with Crippen molar-refractivity contribution >= 4 is 11.5 Å². The second-order valence-corrected chi connectivity index (χ2v) is 5.98. The molecule has 4 rings (SSSR count). The highest BCUT2D eigenvalue weighted by Crippen LogP contribution is 2.29. The lowest BCUT2D eigenvalue weighted by molar-refractivity contribution is 0.386. The number of nitrogens with zero attached hydrogens (tertiary/aromatic N) is 7. The maximum absolute atomic E-state index is 5.21. The van der Waals surface area contributed by atoms with E-state index in [1.807, 2.05) is 19.2 Å². The number of rotatable bonds is 3. The van der Waals surface area contributed by atoms with Crippen LogP contribution in [0, 0.1) is 6.92 Å². The molecule has 0 amide bonds. The summed E-state index contributed by atoms with van der Waals surface area (Å²) in [6.45, 7) is 3.80. The Morgan fingerprint density at radius 2 is 1.96 bits per heavy atom. The van der Waals surface area contributed by atoms with Gasteiger partial charge in [0, 0.05) is 31.3 Å². The van der Waals surface area contributed by atoms with Crippen molar-refractivity contribution in [3.63, 3.8) is 0 Å². The van der Waals surface area contributed by atoms with Crippen LogP contribution in [-0.2, 0) is 0 Å². The van der Waals surface area contributed by atoms with Crippen molar-refractivity contribution in [2.45, 2.75) is 25.7 Å². The molecule has 0 spiro atoms. The Hall–Kier alpha value is -2.77. The lowest BCUT2D eigenvalue weighted by Crippen LogP contribution is -2.34. The Morgan fingerprint density at radius 3 is 2.71 bits per heavy atom. The van der Waals surface area contributed by atoms with E-state index in [0.29, 0.717) is 11.8 Å². The van der Waals surface area contributed by atoms with Gasteiger partial charge >= 0.3 is 0 Å². The molecular weight excluding hydrogens is 306 g/mol. The molecule has 0 aliphatic carbocycles. The van der Waals surface area contributed by atoms with Gasteiger partial charge in [-0.25, -0.2) is 4.98 Å². The van der Waals surface area contributed by atoms with Crippen molar-refractivity contribution in [2.75, 3.05) is 25.1 Å². The molecule has 24 heavy (non-hydrogen) atoms. The van der Waals surface area contributed by atoms with Gasteiger partial charge in [-0.3, -0.25) is 4.98 Å². The average Bonchev–Trinajstić information content (AvgIpc) is 3.05. The van der Waals surface area contributed by atoms with E-state index in [4.69, 9.17) is 4.74 Å². The van der Waals surface area contributed by atoms with Crippen LogP contribution in [0.15, 0.2) is 24.5 Å². The number of ether oxygens (including phenoxy) is 1. The number of aryl methyl sites for hydroxylation is 1. The molecule has 3 aromatic heterocycles. The van der Waals surface area contributed by atoms with Crippen molar-refractivity contribution in [3.05, 3.63) is 36.0 Å². The minimum absolute atomic E-state index is 0.327. The zero-order chi connectivity index (χ0) is 16.5. The third kappa shape index (κ3) is 2.64. The van der Waals surface area contributed by atoms with E-state index in [1.54, 1.807) is 23.9 Å². The van der Waals surface area contributed by atoms with Crippen molar-refractivity contribution in [2.24, 2.45) is 0 Å². The van der Waals surface area contributed by atoms with Gasteiger partial charge in [-0.05, 0) is 25.8 Å². The van der Waals surface area contributed by atoms with Crippen LogP contribution < -0.4 is 9.64 Å². The summed E-state index contributed by atoms with van der Waals surface area (Å²) in [5.41, 5.74) is 1.69. The monoisotopic (exact) mass is 325 g/mol. The van der Waals surface area contributed by atoms with Gasteiger partial charge in [0.15, 0.2) is 11.5 Å². The van der Waals surface area contributed by atoms with Crippen LogP contribution in [0.3, 0.4) is 0 Å². The summed E-state index contributed by atoms with van der Waals surface area (Å²) in [6, 6.07) is 3.67. The molecule has 4 heterocycles. The predicted molar refractivity (Wildman–Crippen MR) is 88.3 cm³/mol. The quantitative estimate of drug-likeness (QED) is 0.723. The zero-order valence-electron chi connectivity index (χ0n) is 13.8. The molecule has 8 heteroatoms. The number of hydrogen-bond acceptors (Lipinski definition) is 7. The van der Waals surface area contributed by atoms with E-state index in [0.717, 1.165) is 48.9 Å². The number of hydrogen-bond donors (Lipinski definition) is 0. The number of aromatic nitrogens is 6. The van der Waals surface area contributed by atoms with Crippen molar-refractivity contribution in [1.29, 1.82) is 0 Å². The molecule has 1 fully saturated rings. The van der Waals surface area contributed by atoms with E-state index in [-0.39, 0.29) is 0 Å². The summed E-state index contributed by atoms with van der Waals surface area (Å²) in [7, 11) is 1.61. The lowest BCUT2D eigenvalue weighted by atomic mass is 9.96. The molecule has 8 nitrogen and oxygen atoms in total. The van der Waals surface area contributed by atoms with Crippen LogP contribution in [0.4, 0.5) is 5.82 Å². The molecule has 124 valence electrons. The molecule has 0 N–H and O–H groups in total. The summed E-state index contributed by atoms with van der Waals surface area (Å²) in [5, 5.41) is 13.0. The Labute approximate surface area is 139 Å². The third-order valence-corrected chi connectivity index (χ3v) is 4.40. The van der Waals surface area contributed by atoms with Crippen molar-refractivity contribution < 1.29 is 4.74 Å². The topological polar surface area (TPSA) is 81.3 Å². The van der Waals surface area contributed by atoms with Crippen molar-refractivity contribution in [1.82, 2.24) is 29.8 Å². The van der Waals surface area contributed by atoms with E-state index >= 15 is 0 Å². The SMILES string of the molecule is COc1ccc2nnc(C3CCN(c4cncc(C)n4)CC3)n2n1. The first-order valence-corrected chi connectivity index (χ1v) is 8.04. The summed E-state index contributed by atoms with van der Waals surface area (Å²) >= 11 is 0. The Balaban J connectivity index is 1.53. The number of piperidine rings is 1. The molecule has 1 aliphatic heterocycles. The number of fused-ring (bicyclic) bond motifs is 1. The normalized spacial score (nSPS) is 15.8. The van der Waals surface area contributed by atoms with Gasteiger partial charge in [-0.1, -0.05) is 0 Å². The van der Waals surface area contributed by atoms with Crippen molar-refractivity contribution in [3.8, 4) is 5.88 Å². The Kier molecular flexibility index (Phi) is 3.72. The van der Waals surface area contributed by atoms with Crippen LogP contribution in [0.5, 0.6) is 5.88 Å². The summed E-state index contributed by atoms with van der Waals surface area (Å²) in [6.07, 6.45) is 5.56. The molecule has 0 atom stereocenters. The van der Waals surface area contributed by atoms with E-state index < -0.39 is 0 Å². The second-order valence-electron chi connectivity index (χ2n) is 5.98. The third-order valence-electron chi connectivity index (χ3n) is 4.40. The fraction of sp³-hybridized carbons (Fsp3) is 0.438. The second kappa shape index (κ2) is 6.03. The van der Waals surface area contributed by atoms with Crippen LogP contribution in [-0.4, -0.2) is 50.0 Å². The summed E-state index contributed by atoms with van der Waals surface area (Å²) in [5.74, 6) is 2.74. The van der Waals surface area contributed by atoms with Gasteiger partial charge in [-0.15, -0.1) is 15.3 Å². The maximum Gasteiger partial charge on any atom is 0.231 e. The predicted octanol–water partition coefficient (Wildman–Crippen LogP) is 1.62. The number of methoxy groups -OCH3 is 1. The van der Waals surface area contributed by atoms with Gasteiger partial charge < -0.3 is 9.64 Å². The largest absolute Gasteiger partial charge is 0.480 e. The molecule has 0 radical (unpaired) electrons. The van der Waals surface area contributed by atoms with Gasteiger partial charge in [0.05, 0.1) is 19.0 Å². The van der Waals surface area contributed by atoms with Crippen LogP contribution in [0.1, 0.15) is 30.3 Å². The highest BCUT2D eigenvalue weighted by molar-refractivity contribution is 5.39. The highest BCUT2D eigenvalue weighted by Gasteiger charge is 2.26. The number of anilines is 1. The first kappa shape index (κ1) is 14.8. The fourth-order valence-electron chi connectivity index (χ4n) is 3.12. The summed E-state index contributed by atoms with van der Waals surface area (Å²) in [4.78, 5) is 11.1. The molecule has 0 unspecified atom stereocenters. The average molecular weight is 325 g/mol. The maximum atomic E-state index is 5.21. The zero-order valence-corrected chi connectivity index (χ0v) is 13.8. The minimum Gasteiger partial charge on any atom is -0.480 e. The first-order valence-electron chi connectivity index (χ1n) is 8.04. The standard InChI is InChI=1S/C16H19N7O/c1-11-9-17-10-14(18-11)22-7-5-12(6-8-22)16-20-19-13-3-4-15(24-2)21-23(13)16/h3-4,9-10,12H,5-8H2,1-2H3. The van der Waals surface area contributed by atoms with Crippen LogP contribution in [0.2, 0.25) is 0 Å². The molecule has 0 bridgehead atoms. The smallest absolute Gasteiger partial charge is 0.231 e. The van der Waals surface area contributed by atoms with E-state index in [9.17, 15) is 0 Å². The van der Waals surface area contributed by atoms with Crippen LogP contribution >= 0.6 is 0 Å². The van der Waals surface area contributed by atoms with Crippen LogP contribution in [0.25, 0.3) is 5.65 Å². The molecular formula is C16H19N7O. The molecule has 1 aliphatic rings. The fourth-order valence-corrected chi connectivity index (χ4v) is 3.12. The molecule has 0 aromatic carbocycles. The van der Waals surface area contributed by atoms with Gasteiger partial charge in [0.2, 0.25) is 5.88 Å². The van der Waals surface area contributed by atoms with E-state index in [1.165, 1.54) is 0 Å². The van der Waals surface area contributed by atoms with Gasteiger partial charge in [-0.2, -0.15) is 4.52 Å². The Bertz CT molecular complexity index is 855. The molecule has 3 aromatic rings. The molecule has 1 saturated heterocycles. The molecule has 0 saturated carbocycles. The first-order chi connectivity index (χ1) is 11.7. The Morgan fingerprint density at radius 1 is 1.12 bits per heavy atom. The van der Waals surface area contributed by atoms with Gasteiger partial charge in [0.25, 0.3) is 0 Å². The van der Waals surface area contributed by atoms with Gasteiger partial charge in [0.1, 0.15) is 5.82 Å². The van der Waals surface area contributed by atoms with E-state index in [2.05, 4.69) is 30.2 Å². The highest BCUT2D eigenvalue weighted by atomic mass is 16.5. The summed E-state index contributed by atoms with van der Waals surface area (Å²) < 4.78 is 7.01. The minimum atomic E-state index is 0.327. The lowest BCUT2D eigenvalue weighted by Gasteiger charge is -2.31.